The number of aliphatic hydroxyl groups excluding tert-OH is 1. The van der Waals surface area contributed by atoms with E-state index in [1.165, 1.54) is 16.7 Å². The lowest BCUT2D eigenvalue weighted by Gasteiger charge is -2.39. The van der Waals surface area contributed by atoms with Gasteiger partial charge in [0, 0.05) is 54.9 Å². The van der Waals surface area contributed by atoms with E-state index in [1.807, 2.05) is 18.2 Å². The predicted molar refractivity (Wildman–Crippen MR) is 154 cm³/mol. The number of rotatable bonds is 11. The van der Waals surface area contributed by atoms with Crippen molar-refractivity contribution >= 4 is 40.8 Å². The number of aliphatic hydroxyl groups is 2. The number of halogens is 1. The molecule has 11 nitrogen and oxygen atoms in total. The summed E-state index contributed by atoms with van der Waals surface area (Å²) in [6.07, 6.45) is 5.97. The molecule has 1 saturated heterocycles. The van der Waals surface area contributed by atoms with Gasteiger partial charge in [-0.05, 0) is 42.3 Å². The summed E-state index contributed by atoms with van der Waals surface area (Å²) in [7, 11) is 0. The lowest BCUT2D eigenvalue weighted by molar-refractivity contribution is -0.153. The maximum atomic E-state index is 13.9. The summed E-state index contributed by atoms with van der Waals surface area (Å²) in [6.45, 7) is 3.78. The molecular weight excluding hydrogens is 562 g/mol. The van der Waals surface area contributed by atoms with Crippen molar-refractivity contribution in [3.63, 3.8) is 0 Å². The number of hydrogen-bond donors (Lipinski definition) is 2. The summed E-state index contributed by atoms with van der Waals surface area (Å²) in [5.41, 5.74) is 1.12. The molecule has 1 fully saturated rings. The molecule has 42 heavy (non-hydrogen) atoms. The summed E-state index contributed by atoms with van der Waals surface area (Å²) in [4.78, 5) is 40.6. The highest BCUT2D eigenvalue weighted by molar-refractivity contribution is 6.31. The molecule has 0 aliphatic carbocycles. The SMILES string of the molecule is CC(=O)OC1CC(=O)N1c1cccc(CN2C(=O)[C@@](O)([C@@H](C)/C=C/CCn3cc(CCO)nn3)c3cc(Cl)ccc32)c1. The van der Waals surface area contributed by atoms with Crippen LogP contribution >= 0.6 is 11.6 Å². The molecule has 0 saturated carbocycles. The van der Waals surface area contributed by atoms with E-state index < -0.39 is 29.6 Å². The van der Waals surface area contributed by atoms with Gasteiger partial charge in [-0.3, -0.25) is 24.0 Å². The van der Waals surface area contributed by atoms with E-state index in [2.05, 4.69) is 10.3 Å². The second-order valence-electron chi connectivity index (χ2n) is 10.5. The van der Waals surface area contributed by atoms with Gasteiger partial charge < -0.3 is 19.8 Å². The fourth-order valence-electron chi connectivity index (χ4n) is 5.37. The van der Waals surface area contributed by atoms with Crippen molar-refractivity contribution in [2.24, 2.45) is 5.92 Å². The Kier molecular flexibility index (Phi) is 8.44. The molecule has 1 unspecified atom stereocenters. The fourth-order valence-corrected chi connectivity index (χ4v) is 5.54. The van der Waals surface area contributed by atoms with E-state index >= 15 is 0 Å². The molecule has 3 heterocycles. The zero-order chi connectivity index (χ0) is 30.0. The van der Waals surface area contributed by atoms with Crippen molar-refractivity contribution in [3.05, 3.63) is 82.7 Å². The number of amides is 2. The van der Waals surface area contributed by atoms with Crippen molar-refractivity contribution in [1.82, 2.24) is 15.0 Å². The Bertz CT molecular complexity index is 1540. The molecule has 3 aromatic rings. The number of aryl methyl sites for hydroxylation is 1. The van der Waals surface area contributed by atoms with E-state index in [9.17, 15) is 19.5 Å². The van der Waals surface area contributed by atoms with E-state index in [0.717, 1.165) is 5.56 Å². The third-order valence-corrected chi connectivity index (χ3v) is 7.77. The number of allylic oxidation sites excluding steroid dienone is 1. The van der Waals surface area contributed by atoms with Gasteiger partial charge in [0.2, 0.25) is 5.91 Å². The highest BCUT2D eigenvalue weighted by Gasteiger charge is 2.52. The maximum absolute atomic E-state index is 13.9. The van der Waals surface area contributed by atoms with Crippen LogP contribution in [0.25, 0.3) is 0 Å². The summed E-state index contributed by atoms with van der Waals surface area (Å²) in [6, 6.07) is 12.1. The van der Waals surface area contributed by atoms with Crippen molar-refractivity contribution in [2.75, 3.05) is 16.4 Å². The van der Waals surface area contributed by atoms with Crippen LogP contribution < -0.4 is 9.80 Å². The van der Waals surface area contributed by atoms with E-state index in [-0.39, 0.29) is 25.5 Å². The van der Waals surface area contributed by atoms with Gasteiger partial charge in [-0.2, -0.15) is 0 Å². The predicted octanol–water partition coefficient (Wildman–Crippen LogP) is 3.11. The quantitative estimate of drug-likeness (QED) is 0.196. The Balaban J connectivity index is 1.34. The van der Waals surface area contributed by atoms with Gasteiger partial charge in [0.05, 0.1) is 24.3 Å². The van der Waals surface area contributed by atoms with Gasteiger partial charge in [0.1, 0.15) is 0 Å². The molecule has 0 spiro atoms. The number of nitrogens with zero attached hydrogens (tertiary/aromatic N) is 5. The van der Waals surface area contributed by atoms with Crippen molar-refractivity contribution in [2.45, 2.75) is 58.0 Å². The van der Waals surface area contributed by atoms with Gasteiger partial charge in [0.25, 0.3) is 5.91 Å². The van der Waals surface area contributed by atoms with Crippen LogP contribution in [0.1, 0.15) is 43.5 Å². The van der Waals surface area contributed by atoms with Crippen LogP contribution in [0.5, 0.6) is 0 Å². The van der Waals surface area contributed by atoms with Gasteiger partial charge in [-0.15, -0.1) is 5.10 Å². The topological polar surface area (TPSA) is 138 Å². The summed E-state index contributed by atoms with van der Waals surface area (Å²) >= 11 is 6.31. The number of ether oxygens (including phenoxy) is 1. The lowest BCUT2D eigenvalue weighted by atomic mass is 9.83. The second-order valence-corrected chi connectivity index (χ2v) is 10.9. The Labute approximate surface area is 247 Å². The highest BCUT2D eigenvalue weighted by atomic mass is 35.5. The molecule has 2 amide bonds. The molecule has 2 N–H and O–H groups in total. The number of esters is 1. The molecular formula is C30H32ClN5O6. The second kappa shape index (κ2) is 12.0. The number of aromatic nitrogens is 3. The normalized spacial score (nSPS) is 20.6. The van der Waals surface area contributed by atoms with Gasteiger partial charge in [-0.25, -0.2) is 0 Å². The first-order valence-electron chi connectivity index (χ1n) is 13.7. The molecule has 1 aromatic heterocycles. The zero-order valence-electron chi connectivity index (χ0n) is 23.3. The fraction of sp³-hybridized carbons (Fsp3) is 0.367. The number of benzene rings is 2. The van der Waals surface area contributed by atoms with Crippen LogP contribution in [0.2, 0.25) is 5.02 Å². The highest BCUT2D eigenvalue weighted by Crippen LogP contribution is 2.47. The molecule has 2 aliphatic heterocycles. The minimum Gasteiger partial charge on any atom is -0.441 e. The molecule has 0 radical (unpaired) electrons. The molecule has 2 aliphatic rings. The number of carbonyl (C=O) groups is 3. The molecule has 220 valence electrons. The zero-order valence-corrected chi connectivity index (χ0v) is 24.1. The van der Waals surface area contributed by atoms with Crippen LogP contribution in [0, 0.1) is 5.92 Å². The van der Waals surface area contributed by atoms with E-state index in [0.29, 0.717) is 47.0 Å². The third-order valence-electron chi connectivity index (χ3n) is 7.53. The minimum atomic E-state index is -1.84. The van der Waals surface area contributed by atoms with E-state index in [4.69, 9.17) is 21.4 Å². The van der Waals surface area contributed by atoms with Crippen molar-refractivity contribution < 1.29 is 29.3 Å². The van der Waals surface area contributed by atoms with Gasteiger partial charge in [-0.1, -0.05) is 48.0 Å². The van der Waals surface area contributed by atoms with Crippen molar-refractivity contribution in [3.8, 4) is 0 Å². The first-order valence-corrected chi connectivity index (χ1v) is 14.1. The van der Waals surface area contributed by atoms with Gasteiger partial charge >= 0.3 is 5.97 Å². The average molecular weight is 594 g/mol. The molecule has 12 heteroatoms. The third kappa shape index (κ3) is 5.67. The number of anilines is 2. The first kappa shape index (κ1) is 29.4. The number of hydrogen-bond acceptors (Lipinski definition) is 8. The summed E-state index contributed by atoms with van der Waals surface area (Å²) in [5.74, 6) is -1.70. The van der Waals surface area contributed by atoms with Crippen LogP contribution in [-0.4, -0.2) is 55.8 Å². The van der Waals surface area contributed by atoms with Crippen LogP contribution in [0.15, 0.2) is 60.8 Å². The number of fused-ring (bicyclic) bond motifs is 1. The molecule has 2 aromatic carbocycles. The average Bonchev–Trinajstić information content (AvgIpc) is 3.47. The first-order chi connectivity index (χ1) is 20.1. The summed E-state index contributed by atoms with van der Waals surface area (Å²) in [5, 5.41) is 29.4. The smallest absolute Gasteiger partial charge is 0.304 e. The van der Waals surface area contributed by atoms with E-state index in [1.54, 1.807) is 54.2 Å². The van der Waals surface area contributed by atoms with Crippen LogP contribution in [0.4, 0.5) is 11.4 Å². The van der Waals surface area contributed by atoms with Crippen LogP contribution in [-0.2, 0) is 44.2 Å². The largest absolute Gasteiger partial charge is 0.441 e. The van der Waals surface area contributed by atoms with Gasteiger partial charge in [0.15, 0.2) is 11.8 Å². The maximum Gasteiger partial charge on any atom is 0.304 e. The Morgan fingerprint density at radius 3 is 2.81 bits per heavy atom. The molecule has 5 rings (SSSR count). The lowest BCUT2D eigenvalue weighted by Crippen LogP contribution is -2.54. The Morgan fingerprint density at radius 2 is 2.07 bits per heavy atom. The molecule has 3 atom stereocenters. The molecule has 0 bridgehead atoms. The number of carbonyl (C=O) groups excluding carboxylic acids is 3. The Morgan fingerprint density at radius 1 is 1.26 bits per heavy atom. The number of β-lactam (4-membered cyclic amide) rings is 1. The standard InChI is InChI=1S/C30H32ClN5O6/c1-19(6-3-4-12-34-18-23(11-13-37)32-33-34)30(41)25-15-22(31)9-10-26(25)35(29(30)40)17-21-7-5-8-24(14-21)36-27(39)16-28(36)42-20(2)38/h3,5-10,14-15,18-19,28,37,41H,4,11-13,16-17H2,1-2H3/b6-3+/t19-,28?,30+/m0/s1. The van der Waals surface area contributed by atoms with Crippen molar-refractivity contribution in [1.29, 1.82) is 0 Å². The summed E-state index contributed by atoms with van der Waals surface area (Å²) < 4.78 is 6.92. The monoisotopic (exact) mass is 593 g/mol. The van der Waals surface area contributed by atoms with Crippen LogP contribution in [0.3, 0.4) is 0 Å². The minimum absolute atomic E-state index is 0.00529. The Hall–Kier alpha value is -4.06.